The number of hydrogen-bond acceptors (Lipinski definition) is 7. The number of alkyl carbamates (subject to hydrolysis) is 1. The molecule has 44 heavy (non-hydrogen) atoms. The summed E-state index contributed by atoms with van der Waals surface area (Å²) in [7, 11) is 0. The zero-order valence-electron chi connectivity index (χ0n) is 25.5. The van der Waals surface area contributed by atoms with Gasteiger partial charge < -0.3 is 34.1 Å². The number of terminal acetylenes is 1. The molecule has 5 atom stereocenters. The summed E-state index contributed by atoms with van der Waals surface area (Å²) in [4.78, 5) is 43.4. The number of benzene rings is 2. The number of likely N-dealkylation sites (tertiary alicyclic amines) is 2. The lowest BCUT2D eigenvalue weighted by atomic mass is 10.1. The summed E-state index contributed by atoms with van der Waals surface area (Å²) >= 11 is 0. The van der Waals surface area contributed by atoms with E-state index < -0.39 is 48.0 Å². The lowest BCUT2D eigenvalue weighted by Crippen LogP contribution is -2.58. The smallest absolute Gasteiger partial charge is 0.410 e. The first-order valence-electron chi connectivity index (χ1n) is 14.6. The predicted octanol–water partition coefficient (Wildman–Crippen LogP) is 4.26. The van der Waals surface area contributed by atoms with Gasteiger partial charge in [0.15, 0.2) is 0 Å². The third kappa shape index (κ3) is 8.49. The molecular formula is C33H40FN3O7. The third-order valence-electron chi connectivity index (χ3n) is 7.52. The van der Waals surface area contributed by atoms with E-state index in [1.807, 2.05) is 30.3 Å². The van der Waals surface area contributed by atoms with Crippen LogP contribution in [0.3, 0.4) is 0 Å². The van der Waals surface area contributed by atoms with Crippen molar-refractivity contribution in [2.75, 3.05) is 19.7 Å². The maximum atomic E-state index is 14.1. The van der Waals surface area contributed by atoms with Crippen LogP contribution in [0.1, 0.15) is 45.2 Å². The van der Waals surface area contributed by atoms with Gasteiger partial charge >= 0.3 is 12.2 Å². The molecular weight excluding hydrogens is 569 g/mol. The first-order valence-corrected chi connectivity index (χ1v) is 14.6. The van der Waals surface area contributed by atoms with E-state index in [2.05, 4.69) is 11.2 Å². The van der Waals surface area contributed by atoms with Gasteiger partial charge in [-0.1, -0.05) is 48.4 Å². The van der Waals surface area contributed by atoms with Crippen molar-refractivity contribution in [3.05, 3.63) is 71.5 Å². The van der Waals surface area contributed by atoms with E-state index in [-0.39, 0.29) is 38.2 Å². The number of halogens is 1. The Morgan fingerprint density at radius 3 is 2.39 bits per heavy atom. The Hall–Kier alpha value is -4.14. The molecule has 10 nitrogen and oxygen atoms in total. The van der Waals surface area contributed by atoms with Crippen LogP contribution in [0.4, 0.5) is 14.0 Å². The van der Waals surface area contributed by atoms with Crippen molar-refractivity contribution in [2.45, 2.75) is 83.3 Å². The van der Waals surface area contributed by atoms with Gasteiger partial charge in [-0.3, -0.25) is 4.79 Å². The van der Waals surface area contributed by atoms with Gasteiger partial charge in [0.05, 0.1) is 37.4 Å². The second kappa shape index (κ2) is 14.6. The molecule has 0 unspecified atom stereocenters. The quantitative estimate of drug-likeness (QED) is 0.401. The highest BCUT2D eigenvalue weighted by Gasteiger charge is 2.54. The minimum atomic E-state index is -1.12. The van der Waals surface area contributed by atoms with Gasteiger partial charge in [-0.25, -0.2) is 14.0 Å². The second-order valence-electron chi connectivity index (χ2n) is 11.9. The summed E-state index contributed by atoms with van der Waals surface area (Å²) in [5, 5.41) is 2.66. The van der Waals surface area contributed by atoms with Crippen LogP contribution in [-0.2, 0) is 37.0 Å². The van der Waals surface area contributed by atoms with Gasteiger partial charge in [0, 0.05) is 6.54 Å². The van der Waals surface area contributed by atoms with Crippen LogP contribution in [0.5, 0.6) is 0 Å². The predicted molar refractivity (Wildman–Crippen MR) is 160 cm³/mol. The van der Waals surface area contributed by atoms with Crippen LogP contribution in [0, 0.1) is 18.2 Å². The van der Waals surface area contributed by atoms with Crippen LogP contribution >= 0.6 is 0 Å². The number of amides is 3. The van der Waals surface area contributed by atoms with E-state index in [1.165, 1.54) is 12.1 Å². The normalized spacial score (nSPS) is 20.8. The van der Waals surface area contributed by atoms with Gasteiger partial charge in [-0.05, 0) is 57.4 Å². The summed E-state index contributed by atoms with van der Waals surface area (Å²) < 4.78 is 36.5. The minimum absolute atomic E-state index is 0.0581. The molecule has 0 aromatic heterocycles. The zero-order valence-corrected chi connectivity index (χ0v) is 25.5. The van der Waals surface area contributed by atoms with Gasteiger partial charge in [0.1, 0.15) is 30.7 Å². The first-order chi connectivity index (χ1) is 21.0. The molecule has 11 heteroatoms. The summed E-state index contributed by atoms with van der Waals surface area (Å²) in [6.45, 7) is 7.49. The molecule has 2 aromatic carbocycles. The fourth-order valence-electron chi connectivity index (χ4n) is 5.50. The number of nitrogens with one attached hydrogen (secondary N) is 1. The Morgan fingerprint density at radius 1 is 1.05 bits per heavy atom. The Morgan fingerprint density at radius 2 is 1.73 bits per heavy atom. The van der Waals surface area contributed by atoms with Crippen molar-refractivity contribution >= 4 is 18.1 Å². The number of carbonyl (C=O) groups excluding carboxylic acids is 3. The number of hydrogen-bond donors (Lipinski definition) is 1. The van der Waals surface area contributed by atoms with E-state index in [0.717, 1.165) is 11.1 Å². The SMILES string of the molecule is C#CCO[C@H](C)[C@H](NC(=O)OC(C)(C)C)C(=O)N1CC[C@@H]2[C@H]1[C@@H](OCc1ccc(F)cc1)CN2C(=O)OCc1ccccc1. The molecule has 2 saturated heterocycles. The number of fused-ring (bicyclic) bond motifs is 1. The second-order valence-corrected chi connectivity index (χ2v) is 11.9. The summed E-state index contributed by atoms with van der Waals surface area (Å²) in [6.07, 6.45) is 3.21. The molecule has 0 spiro atoms. The molecule has 0 aliphatic carbocycles. The molecule has 2 heterocycles. The average molecular weight is 610 g/mol. The van der Waals surface area contributed by atoms with Crippen molar-refractivity contribution in [3.63, 3.8) is 0 Å². The highest BCUT2D eigenvalue weighted by atomic mass is 19.1. The first kappa shape index (κ1) is 32.8. The summed E-state index contributed by atoms with van der Waals surface area (Å²) in [6, 6.07) is 13.2. The fraction of sp³-hybridized carbons (Fsp3) is 0.485. The van der Waals surface area contributed by atoms with Gasteiger partial charge in [0.25, 0.3) is 0 Å². The van der Waals surface area contributed by atoms with E-state index in [9.17, 15) is 18.8 Å². The topological polar surface area (TPSA) is 107 Å². The molecule has 3 amide bonds. The van der Waals surface area contributed by atoms with Crippen LogP contribution in [0.15, 0.2) is 54.6 Å². The van der Waals surface area contributed by atoms with Crippen molar-refractivity contribution in [2.24, 2.45) is 0 Å². The largest absolute Gasteiger partial charge is 0.445 e. The Labute approximate surface area is 257 Å². The molecule has 2 aromatic rings. The van der Waals surface area contributed by atoms with Gasteiger partial charge in [-0.15, -0.1) is 6.42 Å². The summed E-state index contributed by atoms with van der Waals surface area (Å²) in [5.41, 5.74) is 0.802. The monoisotopic (exact) mass is 609 g/mol. The Balaban J connectivity index is 1.55. The number of nitrogens with zero attached hydrogens (tertiary/aromatic N) is 2. The molecule has 0 saturated carbocycles. The molecule has 0 bridgehead atoms. The van der Waals surface area contributed by atoms with Crippen molar-refractivity contribution in [3.8, 4) is 12.3 Å². The van der Waals surface area contributed by atoms with E-state index in [4.69, 9.17) is 25.4 Å². The summed E-state index contributed by atoms with van der Waals surface area (Å²) in [5.74, 6) is 1.61. The van der Waals surface area contributed by atoms with Gasteiger partial charge in [0.2, 0.25) is 5.91 Å². The lowest BCUT2D eigenvalue weighted by Gasteiger charge is -2.34. The molecule has 0 radical (unpaired) electrons. The molecule has 2 fully saturated rings. The molecule has 2 aliphatic rings. The van der Waals surface area contributed by atoms with E-state index in [1.54, 1.807) is 49.6 Å². The van der Waals surface area contributed by atoms with Crippen molar-refractivity contribution < 1.29 is 37.7 Å². The van der Waals surface area contributed by atoms with Gasteiger partial charge in [-0.2, -0.15) is 0 Å². The third-order valence-corrected chi connectivity index (χ3v) is 7.52. The maximum Gasteiger partial charge on any atom is 0.410 e. The Bertz CT molecular complexity index is 1330. The fourth-order valence-corrected chi connectivity index (χ4v) is 5.50. The van der Waals surface area contributed by atoms with E-state index in [0.29, 0.717) is 13.0 Å². The van der Waals surface area contributed by atoms with Crippen molar-refractivity contribution in [1.82, 2.24) is 15.1 Å². The number of ether oxygens (including phenoxy) is 4. The van der Waals surface area contributed by atoms with Crippen LogP contribution in [0.25, 0.3) is 0 Å². The number of carbonyl (C=O) groups is 3. The van der Waals surface area contributed by atoms with Crippen LogP contribution in [-0.4, -0.2) is 83.5 Å². The zero-order chi connectivity index (χ0) is 31.9. The molecule has 1 N–H and O–H groups in total. The molecule has 236 valence electrons. The van der Waals surface area contributed by atoms with E-state index >= 15 is 0 Å². The van der Waals surface area contributed by atoms with Crippen molar-refractivity contribution in [1.29, 1.82) is 0 Å². The number of rotatable bonds is 10. The highest BCUT2D eigenvalue weighted by Crippen LogP contribution is 2.35. The standard InChI is InChI=1S/C33H40FN3O7/c1-6-18-41-22(2)28(35-31(39)44-33(3,4)5)30(38)36-17-16-26-29(36)27(42-20-24-12-14-25(34)15-13-24)19-37(26)32(40)43-21-23-10-8-7-9-11-23/h1,7-15,22,26-29H,16-21H2,2-5H3,(H,35,39)/t22-,26-,27+,28+,29+/m1/s1. The molecule has 4 rings (SSSR count). The lowest BCUT2D eigenvalue weighted by molar-refractivity contribution is -0.140. The Kier molecular flexibility index (Phi) is 10.8. The van der Waals surface area contributed by atoms with Crippen LogP contribution in [0.2, 0.25) is 0 Å². The maximum absolute atomic E-state index is 14.1. The minimum Gasteiger partial charge on any atom is -0.445 e. The average Bonchev–Trinajstić information content (AvgIpc) is 3.57. The van der Waals surface area contributed by atoms with Crippen LogP contribution < -0.4 is 5.32 Å². The molecule has 2 aliphatic heterocycles. The highest BCUT2D eigenvalue weighted by molar-refractivity contribution is 5.87.